The molecule has 0 N–H and O–H groups in total. The summed E-state index contributed by atoms with van der Waals surface area (Å²) >= 11 is 5.98. The lowest BCUT2D eigenvalue weighted by molar-refractivity contribution is 0.612. The fourth-order valence-electron chi connectivity index (χ4n) is 2.10. The molecular formula is C14H12ClN5O2. The normalized spacial score (nSPS) is 11.0. The van der Waals surface area contributed by atoms with E-state index in [-0.39, 0.29) is 11.5 Å². The molecule has 0 radical (unpaired) electrons. The second-order valence-corrected chi connectivity index (χ2v) is 5.13. The average Bonchev–Trinajstić information content (AvgIpc) is 2.52. The van der Waals surface area contributed by atoms with E-state index in [2.05, 4.69) is 15.1 Å². The average molecular weight is 318 g/mol. The molecule has 0 saturated carbocycles. The molecule has 2 aliphatic rings. The van der Waals surface area contributed by atoms with Crippen LogP contribution in [-0.4, -0.2) is 24.3 Å². The number of aryl methyl sites for hydroxylation is 1. The molecule has 0 fully saturated rings. The van der Waals surface area contributed by atoms with Crippen molar-refractivity contribution in [2.24, 2.45) is 7.05 Å². The number of fused-ring (bicyclic) bond motifs is 1. The number of benzene rings is 1. The van der Waals surface area contributed by atoms with Crippen molar-refractivity contribution < 1.29 is 0 Å². The van der Waals surface area contributed by atoms with Crippen molar-refractivity contribution in [2.45, 2.75) is 13.5 Å². The van der Waals surface area contributed by atoms with E-state index in [1.165, 1.54) is 11.7 Å². The Bertz CT molecular complexity index is 947. The zero-order valence-electron chi connectivity index (χ0n) is 11.9. The maximum atomic E-state index is 12.3. The van der Waals surface area contributed by atoms with Crippen molar-refractivity contribution in [3.05, 3.63) is 50.1 Å². The van der Waals surface area contributed by atoms with Crippen LogP contribution in [0.5, 0.6) is 0 Å². The monoisotopic (exact) mass is 317 g/mol. The summed E-state index contributed by atoms with van der Waals surface area (Å²) in [6.45, 7) is 2.30. The predicted octanol–water partition coefficient (Wildman–Crippen LogP) is 1.18. The molecule has 0 aliphatic carbocycles. The summed E-state index contributed by atoms with van der Waals surface area (Å²) in [6.07, 6.45) is 0. The van der Waals surface area contributed by atoms with Crippen LogP contribution in [0, 0.1) is 0 Å². The van der Waals surface area contributed by atoms with E-state index in [1.807, 2.05) is 6.92 Å². The molecule has 7 nitrogen and oxygen atoms in total. The SMILES string of the molecule is CCn1nc(-c2cccc(Cl)c2)nc2c(=O)n(C)c(=O)nc1-2. The molecule has 0 bridgehead atoms. The van der Waals surface area contributed by atoms with Crippen molar-refractivity contribution in [3.8, 4) is 22.9 Å². The standard InChI is InChI=1S/C14H12ClN5O2/c1-3-20-12-10(13(21)19(2)14(22)17-12)16-11(18-20)8-5-4-6-9(15)7-8/h4-7H,3H2,1-2H3. The molecule has 8 heteroatoms. The van der Waals surface area contributed by atoms with Crippen LogP contribution < -0.4 is 11.2 Å². The number of rotatable bonds is 2. The fourth-order valence-corrected chi connectivity index (χ4v) is 2.29. The lowest BCUT2D eigenvalue weighted by Gasteiger charge is -2.13. The molecule has 22 heavy (non-hydrogen) atoms. The van der Waals surface area contributed by atoms with Gasteiger partial charge in [0.05, 0.1) is 0 Å². The third-order valence-electron chi connectivity index (χ3n) is 3.27. The van der Waals surface area contributed by atoms with E-state index in [0.29, 0.717) is 23.0 Å². The minimum absolute atomic E-state index is 0.105. The molecule has 3 rings (SSSR count). The summed E-state index contributed by atoms with van der Waals surface area (Å²) in [7, 11) is 1.37. The van der Waals surface area contributed by atoms with Crippen molar-refractivity contribution in [1.82, 2.24) is 24.3 Å². The topological polar surface area (TPSA) is 82.7 Å². The van der Waals surface area contributed by atoms with E-state index < -0.39 is 11.2 Å². The molecule has 0 saturated heterocycles. The summed E-state index contributed by atoms with van der Waals surface area (Å²) in [4.78, 5) is 32.1. The highest BCUT2D eigenvalue weighted by molar-refractivity contribution is 6.30. The Morgan fingerprint density at radius 1 is 1.23 bits per heavy atom. The first kappa shape index (κ1) is 14.4. The van der Waals surface area contributed by atoms with Gasteiger partial charge in [-0.3, -0.25) is 9.36 Å². The first-order valence-electron chi connectivity index (χ1n) is 6.63. The van der Waals surface area contributed by atoms with Gasteiger partial charge in [-0.2, -0.15) is 10.1 Å². The maximum absolute atomic E-state index is 12.3. The molecule has 0 atom stereocenters. The number of hydrogen-bond donors (Lipinski definition) is 0. The molecule has 2 aliphatic heterocycles. The zero-order chi connectivity index (χ0) is 15.9. The molecule has 0 unspecified atom stereocenters. The van der Waals surface area contributed by atoms with Gasteiger partial charge in [-0.1, -0.05) is 23.7 Å². The molecule has 112 valence electrons. The number of hydrogen-bond acceptors (Lipinski definition) is 5. The Morgan fingerprint density at radius 3 is 2.68 bits per heavy atom. The largest absolute Gasteiger partial charge is 0.352 e. The van der Waals surface area contributed by atoms with Gasteiger partial charge in [0.1, 0.15) is 0 Å². The Balaban J connectivity index is 2.38. The highest BCUT2D eigenvalue weighted by atomic mass is 35.5. The Morgan fingerprint density at radius 2 is 2.00 bits per heavy atom. The second-order valence-electron chi connectivity index (χ2n) is 4.69. The minimum atomic E-state index is -0.626. The van der Waals surface area contributed by atoms with Gasteiger partial charge in [0.25, 0.3) is 5.56 Å². The van der Waals surface area contributed by atoms with Crippen LogP contribution in [0.25, 0.3) is 22.9 Å². The first-order chi connectivity index (χ1) is 10.5. The summed E-state index contributed by atoms with van der Waals surface area (Å²) in [5.41, 5.74) is -0.333. The maximum Gasteiger partial charge on any atom is 0.352 e. The second kappa shape index (κ2) is 5.34. The van der Waals surface area contributed by atoms with Crippen LogP contribution in [0.1, 0.15) is 6.92 Å². The minimum Gasteiger partial charge on any atom is -0.267 e. The van der Waals surface area contributed by atoms with Gasteiger partial charge >= 0.3 is 5.69 Å². The Kier molecular flexibility index (Phi) is 3.50. The Hall–Kier alpha value is -2.54. The third kappa shape index (κ3) is 2.29. The number of halogens is 1. The lowest BCUT2D eigenvalue weighted by atomic mass is 10.2. The third-order valence-corrected chi connectivity index (χ3v) is 3.50. The van der Waals surface area contributed by atoms with Gasteiger partial charge in [-0.15, -0.1) is 0 Å². The van der Waals surface area contributed by atoms with E-state index in [4.69, 9.17) is 11.6 Å². The Labute approximate surface area is 130 Å². The molecule has 1 aromatic carbocycles. The van der Waals surface area contributed by atoms with Crippen molar-refractivity contribution >= 4 is 11.6 Å². The smallest absolute Gasteiger partial charge is 0.267 e. The number of nitrogens with zero attached hydrogens (tertiary/aromatic N) is 5. The van der Waals surface area contributed by atoms with Crippen LogP contribution in [0.2, 0.25) is 5.02 Å². The van der Waals surface area contributed by atoms with Gasteiger partial charge in [0, 0.05) is 24.2 Å². The van der Waals surface area contributed by atoms with Crippen LogP contribution in [-0.2, 0) is 13.6 Å². The zero-order valence-corrected chi connectivity index (χ0v) is 12.7. The van der Waals surface area contributed by atoms with Gasteiger partial charge in [0.2, 0.25) is 0 Å². The van der Waals surface area contributed by atoms with Gasteiger partial charge < -0.3 is 0 Å². The molecule has 2 heterocycles. The highest BCUT2D eigenvalue weighted by Crippen LogP contribution is 2.21. The predicted molar refractivity (Wildman–Crippen MR) is 82.1 cm³/mol. The molecule has 1 aromatic rings. The lowest BCUT2D eigenvalue weighted by Crippen LogP contribution is -2.37. The van der Waals surface area contributed by atoms with Gasteiger partial charge in [-0.25, -0.2) is 14.5 Å². The van der Waals surface area contributed by atoms with Gasteiger partial charge in [0.15, 0.2) is 17.3 Å². The van der Waals surface area contributed by atoms with Gasteiger partial charge in [-0.05, 0) is 19.1 Å². The van der Waals surface area contributed by atoms with Crippen LogP contribution in [0.3, 0.4) is 0 Å². The summed E-state index contributed by atoms with van der Waals surface area (Å²) in [6, 6.07) is 7.03. The fraction of sp³-hybridized carbons (Fsp3) is 0.214. The van der Waals surface area contributed by atoms with Crippen LogP contribution >= 0.6 is 11.6 Å². The molecule has 0 amide bonds. The summed E-state index contributed by atoms with van der Waals surface area (Å²) in [5, 5.41) is 4.89. The summed E-state index contributed by atoms with van der Waals surface area (Å²) < 4.78 is 2.42. The van der Waals surface area contributed by atoms with E-state index >= 15 is 0 Å². The molecule has 0 aromatic heterocycles. The molecular weight excluding hydrogens is 306 g/mol. The van der Waals surface area contributed by atoms with E-state index in [0.717, 1.165) is 4.57 Å². The van der Waals surface area contributed by atoms with Crippen molar-refractivity contribution in [2.75, 3.05) is 0 Å². The summed E-state index contributed by atoms with van der Waals surface area (Å²) in [5.74, 6) is 0.538. The van der Waals surface area contributed by atoms with E-state index in [1.54, 1.807) is 24.3 Å². The van der Waals surface area contributed by atoms with Crippen molar-refractivity contribution in [1.29, 1.82) is 0 Å². The highest BCUT2D eigenvalue weighted by Gasteiger charge is 2.20. The van der Waals surface area contributed by atoms with E-state index in [9.17, 15) is 9.59 Å². The first-order valence-corrected chi connectivity index (χ1v) is 7.01. The van der Waals surface area contributed by atoms with Crippen LogP contribution in [0.4, 0.5) is 0 Å². The van der Waals surface area contributed by atoms with Crippen molar-refractivity contribution in [3.63, 3.8) is 0 Å². The van der Waals surface area contributed by atoms with Crippen LogP contribution in [0.15, 0.2) is 33.9 Å². The quantitative estimate of drug-likeness (QED) is 0.708. The molecule has 0 spiro atoms. The number of aromatic nitrogens is 5.